The Labute approximate surface area is 205 Å². The summed E-state index contributed by atoms with van der Waals surface area (Å²) in [7, 11) is 4.74. The lowest BCUT2D eigenvalue weighted by atomic mass is 10.0. The maximum Gasteiger partial charge on any atom is 0.104 e. The van der Waals surface area contributed by atoms with E-state index in [0.29, 0.717) is 0 Å². The molecule has 0 spiro atoms. The summed E-state index contributed by atoms with van der Waals surface area (Å²) in [5.41, 5.74) is 1.46. The highest BCUT2D eigenvalue weighted by atomic mass is 35.5. The lowest BCUT2D eigenvalue weighted by molar-refractivity contribution is -0.903. The Balaban J connectivity index is 0.00000140. The molecule has 1 heterocycles. The van der Waals surface area contributed by atoms with Crippen molar-refractivity contribution in [1.29, 1.82) is 0 Å². The number of hydrogen-bond donors (Lipinski definition) is 1. The van der Waals surface area contributed by atoms with Crippen LogP contribution in [0.25, 0.3) is 0 Å². The van der Waals surface area contributed by atoms with Gasteiger partial charge in [0.05, 0.1) is 27.0 Å². The third kappa shape index (κ3) is 19.4. The topological polar surface area (TPSA) is 28.7 Å². The average Bonchev–Trinajstić information content (AvgIpc) is 3.35. The van der Waals surface area contributed by atoms with Crippen molar-refractivity contribution in [2.75, 3.05) is 20.6 Å². The summed E-state index contributed by atoms with van der Waals surface area (Å²) in [4.78, 5) is 6.42. The van der Waals surface area contributed by atoms with Gasteiger partial charge >= 0.3 is 0 Å². The molecule has 3 nitrogen and oxygen atoms in total. The quantitative estimate of drug-likeness (QED) is 0.255. The monoisotopic (exact) mass is 463 g/mol. The SMILES string of the molecule is CCCCCCCCCCCCCCCC[N+](C)(C)Cc1ccccc1.[Cl-].c1c[nH]cn1. The molecule has 4 heteroatoms. The van der Waals surface area contributed by atoms with Crippen LogP contribution in [0.3, 0.4) is 0 Å². The van der Waals surface area contributed by atoms with Crippen LogP contribution in [0.2, 0.25) is 0 Å². The number of imidazole rings is 1. The summed E-state index contributed by atoms with van der Waals surface area (Å²) in [5, 5.41) is 0. The van der Waals surface area contributed by atoms with Gasteiger partial charge in [-0.25, -0.2) is 4.98 Å². The van der Waals surface area contributed by atoms with E-state index in [9.17, 15) is 0 Å². The number of nitrogens with zero attached hydrogens (tertiary/aromatic N) is 2. The number of H-pyrrole nitrogens is 1. The fraction of sp³-hybridized carbons (Fsp3) is 0.679. The van der Waals surface area contributed by atoms with E-state index >= 15 is 0 Å². The van der Waals surface area contributed by atoms with E-state index in [1.807, 2.05) is 0 Å². The Morgan fingerprint density at radius 1 is 0.719 bits per heavy atom. The summed E-state index contributed by atoms with van der Waals surface area (Å²) in [6.45, 7) is 4.75. The lowest BCUT2D eigenvalue weighted by Crippen LogP contribution is -3.00. The van der Waals surface area contributed by atoms with E-state index in [4.69, 9.17) is 0 Å². The van der Waals surface area contributed by atoms with Crippen molar-refractivity contribution in [3.63, 3.8) is 0 Å². The highest BCUT2D eigenvalue weighted by Gasteiger charge is 2.14. The predicted octanol–water partition coefficient (Wildman–Crippen LogP) is 5.16. The minimum atomic E-state index is 0. The minimum absolute atomic E-state index is 0. The van der Waals surface area contributed by atoms with Gasteiger partial charge in [0.15, 0.2) is 0 Å². The smallest absolute Gasteiger partial charge is 0.104 e. The number of nitrogens with one attached hydrogen (secondary N) is 1. The highest BCUT2D eigenvalue weighted by molar-refractivity contribution is 5.13. The molecule has 2 aromatic rings. The maximum atomic E-state index is 3.67. The van der Waals surface area contributed by atoms with E-state index in [0.717, 1.165) is 11.0 Å². The van der Waals surface area contributed by atoms with Gasteiger partial charge in [0.25, 0.3) is 0 Å². The summed E-state index contributed by atoms with van der Waals surface area (Å²) >= 11 is 0. The van der Waals surface area contributed by atoms with Gasteiger partial charge in [0, 0.05) is 18.0 Å². The number of unbranched alkanes of at least 4 members (excludes halogenated alkanes) is 13. The summed E-state index contributed by atoms with van der Waals surface area (Å²) in [6, 6.07) is 10.9. The summed E-state index contributed by atoms with van der Waals surface area (Å²) in [5.74, 6) is 0. The largest absolute Gasteiger partial charge is 1.00 e. The zero-order chi connectivity index (χ0) is 22.5. The second-order valence-electron chi connectivity index (χ2n) is 9.66. The fourth-order valence-electron chi connectivity index (χ4n) is 4.11. The molecule has 0 aliphatic heterocycles. The van der Waals surface area contributed by atoms with Crippen molar-refractivity contribution < 1.29 is 16.9 Å². The van der Waals surface area contributed by atoms with Crippen LogP contribution in [-0.4, -0.2) is 35.1 Å². The first-order valence-corrected chi connectivity index (χ1v) is 12.9. The zero-order valence-corrected chi connectivity index (χ0v) is 22.0. The van der Waals surface area contributed by atoms with Crippen LogP contribution in [0.15, 0.2) is 49.1 Å². The van der Waals surface area contributed by atoms with E-state index in [-0.39, 0.29) is 12.4 Å². The molecule has 0 atom stereocenters. The molecular formula is C28H50ClN3. The van der Waals surface area contributed by atoms with Gasteiger partial charge in [-0.05, 0) is 12.8 Å². The van der Waals surface area contributed by atoms with E-state index in [1.54, 1.807) is 18.7 Å². The van der Waals surface area contributed by atoms with Crippen LogP contribution < -0.4 is 12.4 Å². The van der Waals surface area contributed by atoms with Gasteiger partial charge in [0.1, 0.15) is 6.54 Å². The average molecular weight is 464 g/mol. The fourth-order valence-corrected chi connectivity index (χ4v) is 4.11. The number of aromatic nitrogens is 2. The number of aromatic amines is 1. The Bertz CT molecular complexity index is 567. The molecule has 32 heavy (non-hydrogen) atoms. The van der Waals surface area contributed by atoms with Crippen LogP contribution >= 0.6 is 0 Å². The zero-order valence-electron chi connectivity index (χ0n) is 21.2. The number of quaternary nitrogens is 1. The Hall–Kier alpha value is -1.32. The van der Waals surface area contributed by atoms with Crippen molar-refractivity contribution in [3.05, 3.63) is 54.6 Å². The van der Waals surface area contributed by atoms with Crippen molar-refractivity contribution in [2.45, 2.75) is 103 Å². The van der Waals surface area contributed by atoms with Crippen LogP contribution in [0.5, 0.6) is 0 Å². The van der Waals surface area contributed by atoms with Crippen molar-refractivity contribution >= 4 is 0 Å². The number of halogens is 1. The second-order valence-corrected chi connectivity index (χ2v) is 9.66. The molecule has 0 aliphatic rings. The van der Waals surface area contributed by atoms with Crippen molar-refractivity contribution in [1.82, 2.24) is 9.97 Å². The van der Waals surface area contributed by atoms with Crippen LogP contribution in [0.4, 0.5) is 0 Å². The summed E-state index contributed by atoms with van der Waals surface area (Å²) < 4.78 is 1.11. The molecule has 0 amide bonds. The molecule has 2 rings (SSSR count). The highest BCUT2D eigenvalue weighted by Crippen LogP contribution is 2.15. The van der Waals surface area contributed by atoms with Gasteiger partial charge < -0.3 is 21.9 Å². The standard InChI is InChI=1S/C25H46N.C3H4N2.ClH/c1-4-5-6-7-8-9-10-11-12-13-14-15-16-20-23-26(2,3)24-25-21-18-17-19-22-25;1-2-5-3-4-1;/h17-19,21-22H,4-16,20,23-24H2,1-3H3;1-3H,(H,4,5);1H/q+1;;/p-1. The predicted molar refractivity (Wildman–Crippen MR) is 136 cm³/mol. The first-order chi connectivity index (χ1) is 15.1. The molecular weight excluding hydrogens is 414 g/mol. The molecule has 0 saturated heterocycles. The number of hydrogen-bond acceptors (Lipinski definition) is 1. The first kappa shape index (κ1) is 30.7. The molecule has 184 valence electrons. The molecule has 1 aromatic heterocycles. The van der Waals surface area contributed by atoms with Gasteiger partial charge in [-0.3, -0.25) is 0 Å². The van der Waals surface area contributed by atoms with Crippen LogP contribution in [-0.2, 0) is 6.54 Å². The third-order valence-corrected chi connectivity index (χ3v) is 5.98. The molecule has 0 bridgehead atoms. The van der Waals surface area contributed by atoms with Crippen LogP contribution in [0.1, 0.15) is 102 Å². The van der Waals surface area contributed by atoms with Gasteiger partial charge in [-0.2, -0.15) is 0 Å². The third-order valence-electron chi connectivity index (χ3n) is 5.98. The van der Waals surface area contributed by atoms with Crippen molar-refractivity contribution in [2.24, 2.45) is 0 Å². The van der Waals surface area contributed by atoms with Gasteiger partial charge in [-0.1, -0.05) is 114 Å². The molecule has 1 aromatic carbocycles. The van der Waals surface area contributed by atoms with Gasteiger partial charge in [-0.15, -0.1) is 0 Å². The number of rotatable bonds is 17. The lowest BCUT2D eigenvalue weighted by Gasteiger charge is -2.30. The maximum absolute atomic E-state index is 3.67. The Morgan fingerprint density at radius 3 is 1.62 bits per heavy atom. The molecule has 1 N–H and O–H groups in total. The molecule has 0 saturated carbocycles. The molecule has 0 radical (unpaired) electrons. The molecule has 0 unspecified atom stereocenters. The van der Waals surface area contributed by atoms with E-state index in [1.165, 1.54) is 102 Å². The summed E-state index contributed by atoms with van der Waals surface area (Å²) in [6.07, 6.45) is 25.3. The van der Waals surface area contributed by atoms with Gasteiger partial charge in [0.2, 0.25) is 0 Å². The van der Waals surface area contributed by atoms with Crippen LogP contribution in [0, 0.1) is 0 Å². The molecule has 0 fully saturated rings. The normalized spacial score (nSPS) is 10.8. The number of benzene rings is 1. The first-order valence-electron chi connectivity index (χ1n) is 12.9. The van der Waals surface area contributed by atoms with E-state index < -0.39 is 0 Å². The van der Waals surface area contributed by atoms with Crippen molar-refractivity contribution in [3.8, 4) is 0 Å². The van der Waals surface area contributed by atoms with E-state index in [2.05, 4.69) is 61.3 Å². The Morgan fingerprint density at radius 2 is 1.22 bits per heavy atom. The second kappa shape index (κ2) is 21.5. The minimum Gasteiger partial charge on any atom is -1.00 e. The molecule has 0 aliphatic carbocycles. The Kier molecular flexibility index (Phi) is 20.6.